The Bertz CT molecular complexity index is 1240. The number of ketones is 1. The number of anilines is 2. The molecule has 0 bridgehead atoms. The predicted molar refractivity (Wildman–Crippen MR) is 125 cm³/mol. The van der Waals surface area contributed by atoms with Crippen LogP contribution in [0.25, 0.3) is 0 Å². The first-order valence-corrected chi connectivity index (χ1v) is 12.2. The quantitative estimate of drug-likeness (QED) is 0.393. The third-order valence-electron chi connectivity index (χ3n) is 4.59. The lowest BCUT2D eigenvalue weighted by Gasteiger charge is -2.19. The number of sulfonamides is 1. The molecule has 1 amide bonds. The molecular weight excluding hydrogens is 448 g/mol. The molecule has 0 radical (unpaired) electrons. The molecule has 1 aromatic heterocycles. The Balaban J connectivity index is 1.78. The van der Waals surface area contributed by atoms with Crippen molar-refractivity contribution in [2.24, 2.45) is 0 Å². The maximum atomic E-state index is 12.9. The Hall–Kier alpha value is -3.11. The lowest BCUT2D eigenvalue weighted by atomic mass is 9.86. The van der Waals surface area contributed by atoms with E-state index in [0.29, 0.717) is 11.1 Å². The van der Waals surface area contributed by atoms with E-state index in [4.69, 9.17) is 0 Å². The second kappa shape index (κ2) is 9.17. The summed E-state index contributed by atoms with van der Waals surface area (Å²) in [6.07, 6.45) is 0.236. The summed E-state index contributed by atoms with van der Waals surface area (Å²) in [6, 6.07) is 13.6. The number of benzene rings is 2. The molecule has 0 aliphatic heterocycles. The van der Waals surface area contributed by atoms with Crippen LogP contribution in [0.3, 0.4) is 0 Å². The van der Waals surface area contributed by atoms with Gasteiger partial charge in [0.15, 0.2) is 5.78 Å². The third-order valence-corrected chi connectivity index (χ3v) is 7.18. The van der Waals surface area contributed by atoms with Crippen molar-refractivity contribution in [3.05, 3.63) is 65.2 Å². The minimum Gasteiger partial charge on any atom is -0.301 e. The molecule has 1 heterocycles. The van der Waals surface area contributed by atoms with Crippen LogP contribution in [-0.2, 0) is 20.2 Å². The topological polar surface area (TPSA) is 118 Å². The smallest absolute Gasteiger partial charge is 0.291 e. The van der Waals surface area contributed by atoms with E-state index >= 15 is 0 Å². The molecule has 10 heteroatoms. The molecule has 0 unspecified atom stereocenters. The van der Waals surface area contributed by atoms with Gasteiger partial charge in [-0.15, -0.1) is 10.2 Å². The number of nitrogens with zero attached hydrogens (tertiary/aromatic N) is 2. The average molecular weight is 473 g/mol. The van der Waals surface area contributed by atoms with Gasteiger partial charge in [0, 0.05) is 23.2 Å². The van der Waals surface area contributed by atoms with E-state index < -0.39 is 10.0 Å². The molecule has 2 N–H and O–H groups in total. The zero-order valence-corrected chi connectivity index (χ0v) is 19.8. The molecular formula is C22H24N4O4S2. The number of nitrogens with one attached hydrogen (secondary N) is 2. The van der Waals surface area contributed by atoms with Crippen molar-refractivity contribution in [1.82, 2.24) is 10.2 Å². The van der Waals surface area contributed by atoms with Gasteiger partial charge < -0.3 is 5.32 Å². The van der Waals surface area contributed by atoms with Crippen molar-refractivity contribution >= 4 is 43.9 Å². The summed E-state index contributed by atoms with van der Waals surface area (Å²) in [7, 11) is -4.03. The molecule has 0 aliphatic rings. The number of hydrogen-bond donors (Lipinski definition) is 2. The van der Waals surface area contributed by atoms with Crippen LogP contribution < -0.4 is 10.0 Å². The summed E-state index contributed by atoms with van der Waals surface area (Å²) in [5, 5.41) is 9.90. The molecule has 0 atom stereocenters. The fourth-order valence-electron chi connectivity index (χ4n) is 2.79. The average Bonchev–Trinajstić information content (AvgIpc) is 3.22. The van der Waals surface area contributed by atoms with Gasteiger partial charge in [-0.3, -0.25) is 14.3 Å². The van der Waals surface area contributed by atoms with Gasteiger partial charge in [-0.2, -0.15) is 8.42 Å². The molecule has 0 fully saturated rings. The summed E-state index contributed by atoms with van der Waals surface area (Å²) >= 11 is 0.742. The lowest BCUT2D eigenvalue weighted by Crippen LogP contribution is -2.13. The molecule has 8 nitrogen and oxygen atoms in total. The molecule has 0 aliphatic carbocycles. The monoisotopic (exact) mass is 472 g/mol. The maximum Gasteiger partial charge on any atom is 0.291 e. The Labute approximate surface area is 191 Å². The molecule has 2 aromatic carbocycles. The van der Waals surface area contributed by atoms with Gasteiger partial charge in [-0.1, -0.05) is 75.4 Å². The fourth-order valence-corrected chi connectivity index (χ4v) is 4.75. The second-order valence-electron chi connectivity index (χ2n) is 8.12. The molecule has 0 saturated carbocycles. The minimum absolute atomic E-state index is 0.0241. The maximum absolute atomic E-state index is 12.9. The highest BCUT2D eigenvalue weighted by Crippen LogP contribution is 2.25. The molecule has 32 heavy (non-hydrogen) atoms. The highest BCUT2D eigenvalue weighted by molar-refractivity contribution is 7.94. The molecule has 0 saturated heterocycles. The van der Waals surface area contributed by atoms with Crippen molar-refractivity contribution in [2.45, 2.75) is 43.9 Å². The number of carbonyl (C=O) groups is 2. The first-order valence-electron chi connectivity index (χ1n) is 9.91. The summed E-state index contributed by atoms with van der Waals surface area (Å²) in [5.41, 5.74) is 2.17. The van der Waals surface area contributed by atoms with Crippen molar-refractivity contribution in [3.63, 3.8) is 0 Å². The van der Waals surface area contributed by atoms with Crippen molar-refractivity contribution < 1.29 is 18.0 Å². The van der Waals surface area contributed by atoms with Gasteiger partial charge in [0.05, 0.1) is 0 Å². The number of aromatic nitrogens is 2. The zero-order chi connectivity index (χ0) is 23.5. The van der Waals surface area contributed by atoms with E-state index in [2.05, 4.69) is 41.0 Å². The molecule has 3 aromatic rings. The largest absolute Gasteiger partial charge is 0.301 e. The van der Waals surface area contributed by atoms with Crippen molar-refractivity contribution in [1.29, 1.82) is 0 Å². The summed E-state index contributed by atoms with van der Waals surface area (Å²) in [5.74, 6) is -0.508. The van der Waals surface area contributed by atoms with Gasteiger partial charge in [0.2, 0.25) is 11.0 Å². The van der Waals surface area contributed by atoms with E-state index in [9.17, 15) is 18.0 Å². The molecule has 168 valence electrons. The second-order valence-corrected chi connectivity index (χ2v) is 11.0. The summed E-state index contributed by atoms with van der Waals surface area (Å²) in [6.45, 7) is 7.96. The molecule has 0 spiro atoms. The van der Waals surface area contributed by atoms with Crippen LogP contribution in [0.1, 0.15) is 55.6 Å². The van der Waals surface area contributed by atoms with Crippen LogP contribution in [0.4, 0.5) is 10.8 Å². The fraction of sp³-hybridized carbons (Fsp3) is 0.273. The van der Waals surface area contributed by atoms with Crippen LogP contribution in [0, 0.1) is 0 Å². The SMILES string of the molecule is CCC(=O)Nc1nnc(S(=O)(=O)Nc2cccc(C(=O)c3ccc(C(C)(C)C)cc3)c2)s1. The lowest BCUT2D eigenvalue weighted by molar-refractivity contribution is -0.115. The first kappa shape index (κ1) is 23.6. The van der Waals surface area contributed by atoms with Gasteiger partial charge in [-0.25, -0.2) is 0 Å². The Kier molecular flexibility index (Phi) is 6.75. The van der Waals surface area contributed by atoms with Crippen LogP contribution >= 0.6 is 11.3 Å². The third kappa shape index (κ3) is 5.57. The van der Waals surface area contributed by atoms with Gasteiger partial charge in [0.1, 0.15) is 0 Å². The van der Waals surface area contributed by atoms with Crippen molar-refractivity contribution in [3.8, 4) is 0 Å². The first-order chi connectivity index (χ1) is 15.0. The van der Waals surface area contributed by atoms with Crippen molar-refractivity contribution in [2.75, 3.05) is 10.0 Å². The number of hydrogen-bond acceptors (Lipinski definition) is 7. The Morgan fingerprint density at radius 2 is 1.69 bits per heavy atom. The van der Waals surface area contributed by atoms with E-state index in [0.717, 1.165) is 16.9 Å². The number of carbonyl (C=O) groups excluding carboxylic acids is 2. The van der Waals surface area contributed by atoms with E-state index in [-0.39, 0.29) is 38.7 Å². The Morgan fingerprint density at radius 1 is 1.00 bits per heavy atom. The van der Waals surface area contributed by atoms with Crippen LogP contribution in [0.5, 0.6) is 0 Å². The van der Waals surface area contributed by atoms with E-state index in [1.807, 2.05) is 12.1 Å². The predicted octanol–water partition coefficient (Wildman–Crippen LogP) is 4.22. The van der Waals surface area contributed by atoms with Gasteiger partial charge in [0.25, 0.3) is 14.4 Å². The van der Waals surface area contributed by atoms with Gasteiger partial charge >= 0.3 is 0 Å². The molecule has 3 rings (SSSR count). The number of amides is 1. The number of rotatable bonds is 7. The summed E-state index contributed by atoms with van der Waals surface area (Å²) in [4.78, 5) is 24.3. The van der Waals surface area contributed by atoms with E-state index in [1.54, 1.807) is 31.2 Å². The van der Waals surface area contributed by atoms with Crippen LogP contribution in [0.15, 0.2) is 52.9 Å². The normalized spacial score (nSPS) is 11.8. The standard InChI is InChI=1S/C22H24N4O4S2/c1-5-18(27)23-20-24-25-21(31-20)32(29,30)26-17-8-6-7-15(13-17)19(28)14-9-11-16(12-10-14)22(2,3)4/h6-13,26H,5H2,1-4H3,(H,23,24,27). The Morgan fingerprint density at radius 3 is 2.31 bits per heavy atom. The highest BCUT2D eigenvalue weighted by Gasteiger charge is 2.22. The van der Waals surface area contributed by atoms with Gasteiger partial charge in [-0.05, 0) is 23.1 Å². The zero-order valence-electron chi connectivity index (χ0n) is 18.2. The van der Waals surface area contributed by atoms with Crippen LogP contribution in [0.2, 0.25) is 0 Å². The minimum atomic E-state index is -4.03. The highest BCUT2D eigenvalue weighted by atomic mass is 32.2. The van der Waals surface area contributed by atoms with Crippen LogP contribution in [-0.4, -0.2) is 30.3 Å². The summed E-state index contributed by atoms with van der Waals surface area (Å²) < 4.78 is 27.4. The van der Waals surface area contributed by atoms with E-state index in [1.165, 1.54) is 12.1 Å².